The summed E-state index contributed by atoms with van der Waals surface area (Å²) in [5.74, 6) is 1.54. The van der Waals surface area contributed by atoms with E-state index in [4.69, 9.17) is 0 Å². The lowest BCUT2D eigenvalue weighted by Gasteiger charge is -2.17. The highest BCUT2D eigenvalue weighted by Gasteiger charge is 2.11. The smallest absolute Gasteiger partial charge is 0.130 e. The van der Waals surface area contributed by atoms with Gasteiger partial charge in [-0.3, -0.25) is 5.10 Å². The summed E-state index contributed by atoms with van der Waals surface area (Å²) < 4.78 is 1.16. The topological polar surface area (TPSA) is 79.4 Å². The van der Waals surface area contributed by atoms with Crippen molar-refractivity contribution in [3.63, 3.8) is 0 Å². The zero-order valence-corrected chi connectivity index (χ0v) is 17.4. The number of hydrogen-bond acceptors (Lipinski definition) is 6. The van der Waals surface area contributed by atoms with Crippen LogP contribution >= 0.6 is 11.3 Å². The molecule has 1 unspecified atom stereocenters. The highest BCUT2D eigenvalue weighted by Crippen LogP contribution is 2.28. The first-order valence-corrected chi connectivity index (χ1v) is 10.6. The lowest BCUT2D eigenvalue weighted by molar-refractivity contribution is 0.868. The molecule has 0 radical (unpaired) electrons. The van der Waals surface area contributed by atoms with E-state index in [9.17, 15) is 0 Å². The van der Waals surface area contributed by atoms with Gasteiger partial charge in [0, 0.05) is 29.4 Å². The fourth-order valence-electron chi connectivity index (χ4n) is 3.51. The van der Waals surface area contributed by atoms with Crippen LogP contribution in [-0.2, 0) is 0 Å². The van der Waals surface area contributed by atoms with Crippen molar-refractivity contribution in [2.45, 2.75) is 19.9 Å². The predicted octanol–water partition coefficient (Wildman–Crippen LogP) is 5.62. The molecule has 3 aromatic heterocycles. The number of fused-ring (bicyclic) bond motifs is 1. The Morgan fingerprint density at radius 1 is 1.00 bits per heavy atom. The third-order valence-electron chi connectivity index (χ3n) is 5.05. The fraction of sp³-hybridized carbons (Fsp3) is 0.130. The van der Waals surface area contributed by atoms with Gasteiger partial charge in [0.05, 0.1) is 27.6 Å². The highest BCUT2D eigenvalue weighted by molar-refractivity contribution is 7.16. The Morgan fingerprint density at radius 3 is 2.80 bits per heavy atom. The van der Waals surface area contributed by atoms with Crippen molar-refractivity contribution >= 4 is 27.4 Å². The molecule has 0 saturated carbocycles. The van der Waals surface area contributed by atoms with Gasteiger partial charge in [-0.2, -0.15) is 5.10 Å². The minimum absolute atomic E-state index is 0.0861. The van der Waals surface area contributed by atoms with Crippen LogP contribution in [-0.4, -0.2) is 25.1 Å². The summed E-state index contributed by atoms with van der Waals surface area (Å²) in [7, 11) is 0. The summed E-state index contributed by atoms with van der Waals surface area (Å²) in [4.78, 5) is 13.6. The molecule has 0 aliphatic carbocycles. The van der Waals surface area contributed by atoms with Crippen LogP contribution < -0.4 is 5.32 Å². The molecule has 30 heavy (non-hydrogen) atoms. The van der Waals surface area contributed by atoms with Gasteiger partial charge >= 0.3 is 0 Å². The standard InChI is InChI=1S/C23H20N6S/c1-14(16-4-3-5-17(8-16)19-11-25-26-12-19)27-23-10-21(28-15(2)29-23)18-6-7-20-22(9-18)30-13-24-20/h3-14H,1-2H3,(H,25,26)(H,27,28,29). The summed E-state index contributed by atoms with van der Waals surface area (Å²) in [5.41, 5.74) is 8.23. The van der Waals surface area contributed by atoms with E-state index in [-0.39, 0.29) is 6.04 Å². The first-order chi connectivity index (χ1) is 14.7. The van der Waals surface area contributed by atoms with Crippen molar-refractivity contribution in [3.05, 3.63) is 77.8 Å². The number of thiazole rings is 1. The van der Waals surface area contributed by atoms with Crippen molar-refractivity contribution in [2.24, 2.45) is 0 Å². The van der Waals surface area contributed by atoms with E-state index in [1.807, 2.05) is 37.0 Å². The number of benzene rings is 2. The monoisotopic (exact) mass is 412 g/mol. The Labute approximate surface area is 178 Å². The zero-order valence-electron chi connectivity index (χ0n) is 16.6. The Kier molecular flexibility index (Phi) is 4.72. The Bertz CT molecular complexity index is 1310. The van der Waals surface area contributed by atoms with E-state index in [0.29, 0.717) is 0 Å². The van der Waals surface area contributed by atoms with Crippen molar-refractivity contribution < 1.29 is 0 Å². The van der Waals surface area contributed by atoms with Crippen LogP contribution in [0.1, 0.15) is 24.4 Å². The summed E-state index contributed by atoms with van der Waals surface area (Å²) in [5, 5.41) is 10.4. The maximum Gasteiger partial charge on any atom is 0.130 e. The van der Waals surface area contributed by atoms with Gasteiger partial charge in [-0.05, 0) is 43.2 Å². The second-order valence-electron chi connectivity index (χ2n) is 7.20. The van der Waals surface area contributed by atoms with Crippen LogP contribution in [0.25, 0.3) is 32.6 Å². The molecule has 0 aliphatic heterocycles. The number of H-pyrrole nitrogens is 1. The quantitative estimate of drug-likeness (QED) is 0.391. The number of nitrogens with one attached hydrogen (secondary N) is 2. The van der Waals surface area contributed by atoms with Gasteiger partial charge in [-0.1, -0.05) is 24.3 Å². The van der Waals surface area contributed by atoms with Gasteiger partial charge in [-0.25, -0.2) is 15.0 Å². The Balaban J connectivity index is 1.43. The number of nitrogens with zero attached hydrogens (tertiary/aromatic N) is 4. The second-order valence-corrected chi connectivity index (χ2v) is 8.09. The molecule has 5 aromatic rings. The van der Waals surface area contributed by atoms with Crippen molar-refractivity contribution in [1.29, 1.82) is 0 Å². The molecule has 0 fully saturated rings. The highest BCUT2D eigenvalue weighted by atomic mass is 32.1. The molecule has 7 heteroatoms. The largest absolute Gasteiger partial charge is 0.363 e. The molecule has 0 amide bonds. The number of hydrogen-bond donors (Lipinski definition) is 2. The molecular formula is C23H20N6S. The lowest BCUT2D eigenvalue weighted by atomic mass is 10.0. The summed E-state index contributed by atoms with van der Waals surface area (Å²) in [6.07, 6.45) is 3.73. The molecular weight excluding hydrogens is 392 g/mol. The normalized spacial score (nSPS) is 12.2. The molecule has 0 aliphatic rings. The van der Waals surface area contributed by atoms with E-state index in [2.05, 4.69) is 73.8 Å². The SMILES string of the molecule is Cc1nc(NC(C)c2cccc(-c3cn[nH]c3)c2)cc(-c2ccc3ncsc3c2)n1. The van der Waals surface area contributed by atoms with Crippen LogP contribution in [0, 0.1) is 6.92 Å². The van der Waals surface area contributed by atoms with Gasteiger partial charge in [0.25, 0.3) is 0 Å². The maximum atomic E-state index is 4.65. The van der Waals surface area contributed by atoms with E-state index >= 15 is 0 Å². The second kappa shape index (κ2) is 7.68. The number of rotatable bonds is 5. The Morgan fingerprint density at radius 2 is 1.93 bits per heavy atom. The molecule has 5 rings (SSSR count). The first kappa shape index (κ1) is 18.4. The number of aromatic nitrogens is 5. The van der Waals surface area contributed by atoms with Gasteiger partial charge in [0.15, 0.2) is 0 Å². The van der Waals surface area contributed by atoms with Crippen LogP contribution in [0.3, 0.4) is 0 Å². The minimum Gasteiger partial charge on any atom is -0.363 e. The summed E-state index contributed by atoms with van der Waals surface area (Å²) in [6.45, 7) is 4.05. The lowest BCUT2D eigenvalue weighted by Crippen LogP contribution is -2.09. The van der Waals surface area contributed by atoms with Gasteiger partial charge < -0.3 is 5.32 Å². The van der Waals surface area contributed by atoms with Gasteiger partial charge in [0.2, 0.25) is 0 Å². The Hall–Kier alpha value is -3.58. The third-order valence-corrected chi connectivity index (χ3v) is 5.84. The van der Waals surface area contributed by atoms with Gasteiger partial charge in [-0.15, -0.1) is 11.3 Å². The molecule has 0 bridgehead atoms. The van der Waals surface area contributed by atoms with Crippen molar-refractivity contribution in [3.8, 4) is 22.4 Å². The van der Waals surface area contributed by atoms with Crippen molar-refractivity contribution in [1.82, 2.24) is 25.1 Å². The predicted molar refractivity (Wildman–Crippen MR) is 121 cm³/mol. The fourth-order valence-corrected chi connectivity index (χ4v) is 4.22. The first-order valence-electron chi connectivity index (χ1n) is 9.71. The molecule has 148 valence electrons. The minimum atomic E-state index is 0.0861. The summed E-state index contributed by atoms with van der Waals surface area (Å²) in [6, 6.07) is 16.8. The average molecular weight is 413 g/mol. The molecule has 0 saturated heterocycles. The average Bonchev–Trinajstić information content (AvgIpc) is 3.45. The van der Waals surface area contributed by atoms with Crippen LogP contribution in [0.5, 0.6) is 0 Å². The third kappa shape index (κ3) is 3.67. The molecule has 1 atom stereocenters. The molecule has 2 aromatic carbocycles. The van der Waals surface area contributed by atoms with E-state index in [0.717, 1.165) is 44.2 Å². The van der Waals surface area contributed by atoms with Crippen LogP contribution in [0.15, 0.2) is 66.4 Å². The van der Waals surface area contributed by atoms with E-state index in [1.54, 1.807) is 11.3 Å². The van der Waals surface area contributed by atoms with E-state index < -0.39 is 0 Å². The maximum absolute atomic E-state index is 4.65. The van der Waals surface area contributed by atoms with Crippen LogP contribution in [0.4, 0.5) is 5.82 Å². The van der Waals surface area contributed by atoms with E-state index in [1.165, 1.54) is 5.56 Å². The molecule has 0 spiro atoms. The number of aromatic amines is 1. The van der Waals surface area contributed by atoms with Crippen molar-refractivity contribution in [2.75, 3.05) is 5.32 Å². The summed E-state index contributed by atoms with van der Waals surface area (Å²) >= 11 is 1.64. The molecule has 2 N–H and O–H groups in total. The molecule has 6 nitrogen and oxygen atoms in total. The zero-order chi connectivity index (χ0) is 20.5. The number of anilines is 1. The van der Waals surface area contributed by atoms with Gasteiger partial charge in [0.1, 0.15) is 11.6 Å². The number of aryl methyl sites for hydroxylation is 1. The van der Waals surface area contributed by atoms with Crippen LogP contribution in [0.2, 0.25) is 0 Å². The molecule has 3 heterocycles.